The second kappa shape index (κ2) is 24.6. The van der Waals surface area contributed by atoms with Gasteiger partial charge >= 0.3 is 12.1 Å². The minimum Gasteiger partial charge on any atom is -0.493 e. The summed E-state index contributed by atoms with van der Waals surface area (Å²) in [6.07, 6.45) is 5.68. The van der Waals surface area contributed by atoms with Crippen molar-refractivity contribution in [2.24, 2.45) is 0 Å². The Labute approximate surface area is 374 Å². The van der Waals surface area contributed by atoms with Crippen molar-refractivity contribution in [2.75, 3.05) is 38.6 Å². The van der Waals surface area contributed by atoms with E-state index in [9.17, 15) is 27.6 Å². The lowest BCUT2D eigenvalue weighted by atomic mass is 10.0. The number of carbonyl (C=O) groups excluding carboxylic acids is 4. The number of hydrogen-bond donors (Lipinski definition) is 5. The van der Waals surface area contributed by atoms with Crippen LogP contribution in [0.5, 0.6) is 5.75 Å². The van der Waals surface area contributed by atoms with Gasteiger partial charge in [0, 0.05) is 38.8 Å². The first kappa shape index (κ1) is 52.1. The number of esters is 1. The van der Waals surface area contributed by atoms with Gasteiger partial charge in [-0.15, -0.1) is 0 Å². The zero-order chi connectivity index (χ0) is 46.8. The molecule has 0 aliphatic rings. The van der Waals surface area contributed by atoms with Crippen LogP contribution in [-0.2, 0) is 41.9 Å². The molecule has 0 saturated carbocycles. The molecule has 1 aromatic heterocycles. The number of benzene rings is 2. The van der Waals surface area contributed by atoms with Gasteiger partial charge in [0.1, 0.15) is 28.8 Å². The van der Waals surface area contributed by atoms with Gasteiger partial charge in [0.25, 0.3) is 5.91 Å². The molecule has 0 spiro atoms. The van der Waals surface area contributed by atoms with Gasteiger partial charge in [-0.2, -0.15) is 4.72 Å². The number of aromatic nitrogens is 1. The fraction of sp³-hybridized carbons (Fsp3) is 0.553. The summed E-state index contributed by atoms with van der Waals surface area (Å²) in [6.45, 7) is 16.7. The van der Waals surface area contributed by atoms with E-state index in [0.717, 1.165) is 48.3 Å². The van der Waals surface area contributed by atoms with Crippen LogP contribution in [0, 0.1) is 20.8 Å². The van der Waals surface area contributed by atoms with Crippen molar-refractivity contribution in [1.29, 1.82) is 0 Å². The number of aryl methyl sites for hydroxylation is 5. The Morgan fingerprint density at radius 1 is 0.746 bits per heavy atom. The highest BCUT2D eigenvalue weighted by atomic mass is 32.2. The fourth-order valence-electron chi connectivity index (χ4n) is 6.73. The molecule has 1 atom stereocenters. The van der Waals surface area contributed by atoms with Gasteiger partial charge in [-0.1, -0.05) is 36.2 Å². The normalized spacial score (nSPS) is 12.2. The smallest absolute Gasteiger partial charge is 0.407 e. The minimum absolute atomic E-state index is 0.0196. The summed E-state index contributed by atoms with van der Waals surface area (Å²) in [5.41, 5.74) is 2.53. The maximum absolute atomic E-state index is 13.9. The van der Waals surface area contributed by atoms with E-state index in [-0.39, 0.29) is 22.9 Å². The Morgan fingerprint density at radius 2 is 1.40 bits per heavy atom. The first-order chi connectivity index (χ1) is 29.6. The first-order valence-corrected chi connectivity index (χ1v) is 23.3. The zero-order valence-electron chi connectivity index (χ0n) is 38.9. The number of carbonyl (C=O) groups is 4. The largest absolute Gasteiger partial charge is 0.493 e. The summed E-state index contributed by atoms with van der Waals surface area (Å²) in [4.78, 5) is 56.1. The Balaban J connectivity index is 1.63. The van der Waals surface area contributed by atoms with Crippen molar-refractivity contribution in [3.05, 3.63) is 82.0 Å². The molecule has 15 nitrogen and oxygen atoms in total. The number of alkyl carbamates (subject to hydrolysis) is 1. The summed E-state index contributed by atoms with van der Waals surface area (Å²) in [5, 5.41) is 11.5. The molecule has 1 heterocycles. The third-order valence-electron chi connectivity index (χ3n) is 9.50. The number of sulfonamides is 1. The predicted octanol–water partition coefficient (Wildman–Crippen LogP) is 7.00. The lowest BCUT2D eigenvalue weighted by Gasteiger charge is -2.25. The number of ether oxygens (including phenoxy) is 3. The highest BCUT2D eigenvalue weighted by Crippen LogP contribution is 2.24. The average molecular weight is 895 g/mol. The van der Waals surface area contributed by atoms with Gasteiger partial charge in [0.2, 0.25) is 15.9 Å². The molecular formula is C47H70N6O9S. The van der Waals surface area contributed by atoms with E-state index >= 15 is 0 Å². The molecule has 16 heteroatoms. The first-order valence-electron chi connectivity index (χ1n) is 21.8. The summed E-state index contributed by atoms with van der Waals surface area (Å²) < 4.78 is 47.0. The quantitative estimate of drug-likeness (QED) is 0.0458. The Bertz CT molecular complexity index is 2090. The second-order valence-corrected chi connectivity index (χ2v) is 19.4. The van der Waals surface area contributed by atoms with Crippen molar-refractivity contribution in [3.8, 4) is 5.75 Å². The van der Waals surface area contributed by atoms with Gasteiger partial charge in [-0.05, 0) is 148 Å². The minimum atomic E-state index is -4.21. The highest BCUT2D eigenvalue weighted by molar-refractivity contribution is 7.89. The number of nitrogens with one attached hydrogen (secondary N) is 5. The molecule has 0 aliphatic carbocycles. The molecule has 63 heavy (non-hydrogen) atoms. The number of pyridine rings is 1. The molecule has 348 valence electrons. The molecule has 0 unspecified atom stereocenters. The number of nitrogens with zero attached hydrogens (tertiary/aromatic N) is 1. The fourth-order valence-corrected chi connectivity index (χ4v) is 8.36. The molecule has 0 fully saturated rings. The predicted molar refractivity (Wildman–Crippen MR) is 246 cm³/mol. The van der Waals surface area contributed by atoms with E-state index in [4.69, 9.17) is 14.2 Å². The molecule has 0 aliphatic heterocycles. The lowest BCUT2D eigenvalue weighted by molar-refractivity contribution is -0.156. The van der Waals surface area contributed by atoms with E-state index in [1.807, 2.05) is 65.1 Å². The van der Waals surface area contributed by atoms with Crippen LogP contribution in [-0.4, -0.2) is 87.8 Å². The number of hydrogen-bond acceptors (Lipinski definition) is 11. The van der Waals surface area contributed by atoms with Crippen LogP contribution in [0.2, 0.25) is 0 Å². The summed E-state index contributed by atoms with van der Waals surface area (Å²) in [7, 11) is -2.40. The van der Waals surface area contributed by atoms with Crippen molar-refractivity contribution >= 4 is 39.7 Å². The van der Waals surface area contributed by atoms with Crippen LogP contribution in [0.4, 0.5) is 10.6 Å². The molecule has 0 bridgehead atoms. The monoisotopic (exact) mass is 894 g/mol. The van der Waals surface area contributed by atoms with Gasteiger partial charge in [-0.25, -0.2) is 18.2 Å². The zero-order valence-corrected chi connectivity index (χ0v) is 39.7. The van der Waals surface area contributed by atoms with Crippen molar-refractivity contribution in [2.45, 2.75) is 142 Å². The lowest BCUT2D eigenvalue weighted by Crippen LogP contribution is -2.50. The molecule has 0 radical (unpaired) electrons. The van der Waals surface area contributed by atoms with E-state index in [2.05, 4.69) is 31.0 Å². The average Bonchev–Trinajstić information content (AvgIpc) is 3.17. The molecule has 5 N–H and O–H groups in total. The maximum atomic E-state index is 13.9. The standard InChI is InChI=1S/C47H70N6O9S/c1-32-28-33(2)42(34(3)29-32)63(58,59)53-38(44(56)61-46(4,5)6)31-51-43(55)37-24-22-35(21-23-36-18-17-19-40(48-10)52-36)30-39(37)60-27-16-12-15-25-49-41(54)20-13-11-14-26-50-45(57)62-47(7,8)9/h17-19,22,24,28-30,38,53H,11-16,20-21,23,25-27,31H2,1-10H3,(H,48,52)(H,49,54)(H,50,57)(H,51,55)/t38-/m0/s1. The molecule has 3 amide bonds. The molecule has 3 rings (SSSR count). The van der Waals surface area contributed by atoms with Crippen molar-refractivity contribution in [3.63, 3.8) is 0 Å². The third-order valence-corrected chi connectivity index (χ3v) is 11.3. The Morgan fingerprint density at radius 3 is 2.05 bits per heavy atom. The van der Waals surface area contributed by atoms with Crippen molar-refractivity contribution in [1.82, 2.24) is 25.7 Å². The number of unbranched alkanes of at least 4 members (excludes halogenated alkanes) is 4. The van der Waals surface area contributed by atoms with Gasteiger partial charge < -0.3 is 35.5 Å². The van der Waals surface area contributed by atoms with Crippen LogP contribution in [0.15, 0.2) is 53.4 Å². The van der Waals surface area contributed by atoms with Crippen LogP contribution >= 0.6 is 0 Å². The maximum Gasteiger partial charge on any atom is 0.407 e. The van der Waals surface area contributed by atoms with Gasteiger partial charge in [-0.3, -0.25) is 14.4 Å². The number of amides is 3. The topological polar surface area (TPSA) is 203 Å². The van der Waals surface area contributed by atoms with Gasteiger partial charge in [0.05, 0.1) is 17.1 Å². The Kier molecular flexibility index (Phi) is 20.3. The molecule has 2 aromatic carbocycles. The van der Waals surface area contributed by atoms with E-state index < -0.39 is 45.2 Å². The molecular weight excluding hydrogens is 825 g/mol. The van der Waals surface area contributed by atoms with Crippen LogP contribution in [0.25, 0.3) is 0 Å². The van der Waals surface area contributed by atoms with E-state index in [1.54, 1.807) is 52.8 Å². The summed E-state index contributed by atoms with van der Waals surface area (Å²) in [5.74, 6) is -0.304. The van der Waals surface area contributed by atoms with E-state index in [0.29, 0.717) is 68.7 Å². The highest BCUT2D eigenvalue weighted by Gasteiger charge is 2.32. The summed E-state index contributed by atoms with van der Waals surface area (Å²) >= 11 is 0. The van der Waals surface area contributed by atoms with Crippen molar-refractivity contribution < 1.29 is 41.8 Å². The SMILES string of the molecule is CNc1cccc(CCc2ccc(C(=O)NC[C@H](NS(=O)(=O)c3c(C)cc(C)cc3C)C(=O)OC(C)(C)C)c(OCCCCCNC(=O)CCCCCNC(=O)OC(C)(C)C)c2)n1. The number of anilines is 1. The van der Waals surface area contributed by atoms with Crippen LogP contribution in [0.1, 0.15) is 125 Å². The summed E-state index contributed by atoms with van der Waals surface area (Å²) in [6, 6.07) is 13.2. The Hall–Kier alpha value is -5.22. The molecule has 0 saturated heterocycles. The molecule has 3 aromatic rings. The number of rotatable bonds is 24. The van der Waals surface area contributed by atoms with E-state index in [1.165, 1.54) is 0 Å². The second-order valence-electron chi connectivity index (χ2n) is 17.7. The third kappa shape index (κ3) is 19.4. The van der Waals surface area contributed by atoms with Crippen LogP contribution < -0.4 is 30.7 Å². The van der Waals surface area contributed by atoms with Crippen LogP contribution in [0.3, 0.4) is 0 Å². The van der Waals surface area contributed by atoms with Gasteiger partial charge in [0.15, 0.2) is 0 Å².